The average molecular weight is 508 g/mol. The second-order valence-electron chi connectivity index (χ2n) is 11.1. The van der Waals surface area contributed by atoms with E-state index in [0.29, 0.717) is 0 Å². The Morgan fingerprint density at radius 2 is 1.19 bits per heavy atom. The highest BCUT2D eigenvalue weighted by Crippen LogP contribution is 2.60. The summed E-state index contributed by atoms with van der Waals surface area (Å²) < 4.78 is 7.00. The molecule has 0 bridgehead atoms. The van der Waals surface area contributed by atoms with Crippen LogP contribution in [0, 0.1) is 27.7 Å². The molecule has 4 aromatic carbocycles. The Balaban J connectivity index is 1.55. The van der Waals surface area contributed by atoms with Crippen molar-refractivity contribution in [1.82, 2.24) is 0 Å². The molecule has 0 N–H and O–H groups in total. The van der Waals surface area contributed by atoms with Crippen LogP contribution in [-0.2, 0) is 12.6 Å². The number of fused-ring (bicyclic) bond motifs is 1. The van der Waals surface area contributed by atoms with Gasteiger partial charge >= 0.3 is 0 Å². The van der Waals surface area contributed by atoms with Crippen LogP contribution in [0.2, 0.25) is 0 Å². The highest BCUT2D eigenvalue weighted by molar-refractivity contribution is 7.88. The second kappa shape index (κ2) is 10.5. The van der Waals surface area contributed by atoms with Crippen LogP contribution in [0.4, 0.5) is 0 Å². The fourth-order valence-electron chi connectivity index (χ4n) is 6.08. The molecule has 0 spiro atoms. The number of ether oxygens (including phenoxy) is 1. The molecule has 5 rings (SSSR count). The summed E-state index contributed by atoms with van der Waals surface area (Å²) in [6.45, 7) is 11.4. The van der Waals surface area contributed by atoms with E-state index in [1.54, 1.807) is 0 Å². The van der Waals surface area contributed by atoms with Crippen molar-refractivity contribution in [3.05, 3.63) is 124 Å². The third-order valence-electron chi connectivity index (χ3n) is 8.83. The van der Waals surface area contributed by atoms with Crippen LogP contribution in [0.1, 0.15) is 53.1 Å². The number of hydrogen-bond acceptors (Lipinski definition) is 1. The molecule has 0 saturated heterocycles. The van der Waals surface area contributed by atoms with Crippen LogP contribution in [0.25, 0.3) is 0 Å². The molecular formula is C35H40OP+. The normalized spacial score (nSPS) is 17.2. The van der Waals surface area contributed by atoms with Gasteiger partial charge in [-0.25, -0.2) is 0 Å². The predicted molar refractivity (Wildman–Crippen MR) is 161 cm³/mol. The Bertz CT molecular complexity index is 1320. The predicted octanol–water partition coefficient (Wildman–Crippen LogP) is 8.26. The van der Waals surface area contributed by atoms with Gasteiger partial charge in [-0.1, -0.05) is 66.7 Å². The lowest BCUT2D eigenvalue weighted by Gasteiger charge is -2.39. The maximum atomic E-state index is 7.00. The summed E-state index contributed by atoms with van der Waals surface area (Å²) in [4.78, 5) is 0. The molecule has 4 aromatic rings. The van der Waals surface area contributed by atoms with Crippen molar-refractivity contribution in [2.75, 3.05) is 6.16 Å². The maximum absolute atomic E-state index is 7.00. The van der Waals surface area contributed by atoms with Crippen molar-refractivity contribution in [1.29, 1.82) is 0 Å². The van der Waals surface area contributed by atoms with Gasteiger partial charge in [-0.15, -0.1) is 0 Å². The Kier molecular flexibility index (Phi) is 7.28. The van der Waals surface area contributed by atoms with Gasteiger partial charge in [-0.3, -0.25) is 0 Å². The highest BCUT2D eigenvalue weighted by Gasteiger charge is 2.46. The summed E-state index contributed by atoms with van der Waals surface area (Å²) in [6, 6.07) is 33.7. The first-order valence-corrected chi connectivity index (χ1v) is 15.8. The van der Waals surface area contributed by atoms with Gasteiger partial charge in [0.05, 0.1) is 30.2 Å². The van der Waals surface area contributed by atoms with Gasteiger partial charge in [-0.05, 0) is 105 Å². The van der Waals surface area contributed by atoms with Crippen molar-refractivity contribution in [2.24, 2.45) is 0 Å². The lowest BCUT2D eigenvalue weighted by molar-refractivity contribution is 0.0609. The third-order valence-corrected chi connectivity index (χ3v) is 13.3. The van der Waals surface area contributed by atoms with Crippen molar-refractivity contribution in [2.45, 2.75) is 65.6 Å². The van der Waals surface area contributed by atoms with Gasteiger partial charge in [0.2, 0.25) is 0 Å². The SMILES string of the molecule is Cc1c(C)c(C)c2c(c1C)CCC(C)(CC[P+](Cc1ccccc1)(c1ccccc1)c1ccccc1)O2. The summed E-state index contributed by atoms with van der Waals surface area (Å²) in [5.74, 6) is 1.15. The molecule has 0 amide bonds. The summed E-state index contributed by atoms with van der Waals surface area (Å²) in [5, 5.41) is 2.98. The third kappa shape index (κ3) is 4.99. The molecule has 1 nitrogen and oxygen atoms in total. The zero-order valence-electron chi connectivity index (χ0n) is 23.1. The van der Waals surface area contributed by atoms with Crippen LogP contribution >= 0.6 is 7.26 Å². The van der Waals surface area contributed by atoms with Crippen LogP contribution < -0.4 is 15.3 Å². The molecule has 0 radical (unpaired) electrons. The molecule has 0 aromatic heterocycles. The maximum Gasteiger partial charge on any atom is 0.126 e. The minimum absolute atomic E-state index is 0.169. The first-order valence-electron chi connectivity index (χ1n) is 13.6. The molecule has 0 aliphatic carbocycles. The Morgan fingerprint density at radius 3 is 1.76 bits per heavy atom. The molecular weight excluding hydrogens is 467 g/mol. The zero-order valence-corrected chi connectivity index (χ0v) is 23.9. The molecule has 37 heavy (non-hydrogen) atoms. The average Bonchev–Trinajstić information content (AvgIpc) is 2.94. The summed E-state index contributed by atoms with van der Waals surface area (Å²) in [7, 11) is -1.74. The van der Waals surface area contributed by atoms with E-state index < -0.39 is 7.26 Å². The largest absolute Gasteiger partial charge is 0.487 e. The van der Waals surface area contributed by atoms with E-state index in [-0.39, 0.29) is 5.60 Å². The van der Waals surface area contributed by atoms with E-state index in [0.717, 1.165) is 37.3 Å². The molecule has 1 heterocycles. The van der Waals surface area contributed by atoms with Crippen molar-refractivity contribution in [3.8, 4) is 5.75 Å². The second-order valence-corrected chi connectivity index (χ2v) is 14.8. The highest BCUT2D eigenvalue weighted by atomic mass is 31.2. The number of benzene rings is 4. The van der Waals surface area contributed by atoms with Crippen molar-refractivity contribution in [3.63, 3.8) is 0 Å². The van der Waals surface area contributed by atoms with Crippen molar-refractivity contribution < 1.29 is 4.74 Å². The van der Waals surface area contributed by atoms with Crippen LogP contribution in [0.15, 0.2) is 91.0 Å². The fraction of sp³-hybridized carbons (Fsp3) is 0.314. The number of rotatable bonds is 7. The molecule has 2 heteroatoms. The van der Waals surface area contributed by atoms with E-state index in [2.05, 4.69) is 126 Å². The molecule has 1 aliphatic rings. The number of hydrogen-bond donors (Lipinski definition) is 0. The van der Waals surface area contributed by atoms with Gasteiger partial charge in [0.15, 0.2) is 0 Å². The summed E-state index contributed by atoms with van der Waals surface area (Å²) >= 11 is 0. The Morgan fingerprint density at radius 1 is 0.676 bits per heavy atom. The molecule has 1 atom stereocenters. The molecule has 1 unspecified atom stereocenters. The van der Waals surface area contributed by atoms with Gasteiger partial charge in [0, 0.05) is 6.42 Å². The zero-order chi connectivity index (χ0) is 26.0. The van der Waals surface area contributed by atoms with Gasteiger partial charge < -0.3 is 4.74 Å². The van der Waals surface area contributed by atoms with E-state index in [1.165, 1.54) is 44.0 Å². The summed E-state index contributed by atoms with van der Waals surface area (Å²) in [6.07, 6.45) is 5.41. The molecule has 0 fully saturated rings. The van der Waals surface area contributed by atoms with Crippen molar-refractivity contribution >= 4 is 17.9 Å². The smallest absolute Gasteiger partial charge is 0.126 e. The lowest BCUT2D eigenvalue weighted by atomic mass is 9.84. The van der Waals surface area contributed by atoms with Gasteiger partial charge in [0.25, 0.3) is 0 Å². The Hall–Kier alpha value is -2.89. The quantitative estimate of drug-likeness (QED) is 0.229. The first kappa shape index (κ1) is 25.7. The Labute approximate surface area is 224 Å². The lowest BCUT2D eigenvalue weighted by Crippen LogP contribution is -2.40. The van der Waals surface area contributed by atoms with Gasteiger partial charge in [-0.2, -0.15) is 0 Å². The van der Waals surface area contributed by atoms with E-state index in [9.17, 15) is 0 Å². The fourth-order valence-corrected chi connectivity index (χ4v) is 10.6. The minimum Gasteiger partial charge on any atom is -0.487 e. The van der Waals surface area contributed by atoms with Crippen LogP contribution in [0.5, 0.6) is 5.75 Å². The van der Waals surface area contributed by atoms with E-state index in [4.69, 9.17) is 4.74 Å². The minimum atomic E-state index is -1.74. The van der Waals surface area contributed by atoms with Crippen LogP contribution in [0.3, 0.4) is 0 Å². The van der Waals surface area contributed by atoms with E-state index in [1.807, 2.05) is 0 Å². The van der Waals surface area contributed by atoms with Gasteiger partial charge in [0.1, 0.15) is 11.4 Å². The first-order chi connectivity index (χ1) is 17.8. The topological polar surface area (TPSA) is 9.23 Å². The van der Waals surface area contributed by atoms with E-state index >= 15 is 0 Å². The van der Waals surface area contributed by atoms with Crippen LogP contribution in [-0.4, -0.2) is 11.8 Å². The molecule has 1 aliphatic heterocycles. The standard InChI is InChI=1S/C35H40OP/c1-26-27(2)29(4)34-33(28(26)3)21-22-35(5,36-34)23-24-37(31-17-11-7-12-18-31,32-19-13-8-14-20-32)25-30-15-9-6-10-16-30/h6-20H,21-25H2,1-5H3/q+1. The molecule has 0 saturated carbocycles. The summed E-state index contributed by atoms with van der Waals surface area (Å²) in [5.41, 5.74) is 8.21. The monoisotopic (exact) mass is 507 g/mol. The molecule has 190 valence electrons.